The van der Waals surface area contributed by atoms with E-state index in [0.29, 0.717) is 16.6 Å². The summed E-state index contributed by atoms with van der Waals surface area (Å²) in [7, 11) is 0. The van der Waals surface area contributed by atoms with Crippen LogP contribution in [0.4, 0.5) is 8.78 Å². The zero-order valence-electron chi connectivity index (χ0n) is 7.51. The second-order valence-electron chi connectivity index (χ2n) is 2.89. The number of hydrogen-bond donors (Lipinski definition) is 0. The van der Waals surface area contributed by atoms with Crippen LogP contribution < -0.4 is 0 Å². The van der Waals surface area contributed by atoms with Gasteiger partial charge in [-0.2, -0.15) is 0 Å². The molecule has 0 N–H and O–H groups in total. The minimum absolute atomic E-state index is 0.595. The second-order valence-corrected chi connectivity index (χ2v) is 4.39. The van der Waals surface area contributed by atoms with Crippen LogP contribution in [0.25, 0.3) is 11.3 Å². The number of aromatic nitrogens is 1. The summed E-state index contributed by atoms with van der Waals surface area (Å²) in [6.45, 7) is 0. The van der Waals surface area contributed by atoms with Gasteiger partial charge in [0.2, 0.25) is 0 Å². The molecule has 0 bridgehead atoms. The number of alkyl halides is 1. The van der Waals surface area contributed by atoms with Gasteiger partial charge in [0.1, 0.15) is 5.01 Å². The van der Waals surface area contributed by atoms with E-state index in [0.717, 1.165) is 17.1 Å². The fraction of sp³-hybridized carbons (Fsp3) is 0.100. The summed E-state index contributed by atoms with van der Waals surface area (Å²) in [6.07, 6.45) is 0. The molecule has 0 unspecified atom stereocenters. The molecule has 1 nitrogen and oxygen atoms in total. The van der Waals surface area contributed by atoms with Gasteiger partial charge in [-0.3, -0.25) is 0 Å². The molecule has 0 fully saturated rings. The van der Waals surface area contributed by atoms with E-state index in [1.54, 1.807) is 0 Å². The van der Waals surface area contributed by atoms with Crippen molar-refractivity contribution >= 4 is 27.3 Å². The lowest BCUT2D eigenvalue weighted by molar-refractivity contribution is 0.509. The molecule has 0 saturated carbocycles. The standard InChI is InChI=1S/C10H6BrF2NS/c11-4-10-14-9(5-15-10)6-1-2-7(12)8(13)3-6/h1-3,5H,4H2. The Morgan fingerprint density at radius 1 is 1.27 bits per heavy atom. The molecule has 2 rings (SSSR count). The molecule has 0 aliphatic rings. The van der Waals surface area contributed by atoms with Gasteiger partial charge in [0.15, 0.2) is 11.6 Å². The number of hydrogen-bond acceptors (Lipinski definition) is 2. The Balaban J connectivity index is 2.40. The zero-order chi connectivity index (χ0) is 10.8. The maximum Gasteiger partial charge on any atom is 0.159 e. The average molecular weight is 290 g/mol. The molecule has 0 radical (unpaired) electrons. The average Bonchev–Trinajstić information content (AvgIpc) is 2.70. The summed E-state index contributed by atoms with van der Waals surface area (Å²) < 4.78 is 25.6. The predicted octanol–water partition coefficient (Wildman–Crippen LogP) is 3.98. The van der Waals surface area contributed by atoms with Gasteiger partial charge >= 0.3 is 0 Å². The number of halogens is 3. The summed E-state index contributed by atoms with van der Waals surface area (Å²) in [5, 5.41) is 3.40. The molecule has 0 saturated heterocycles. The van der Waals surface area contributed by atoms with Gasteiger partial charge < -0.3 is 0 Å². The molecule has 0 amide bonds. The minimum Gasteiger partial charge on any atom is -0.240 e. The summed E-state index contributed by atoms with van der Waals surface area (Å²) in [5.74, 6) is -1.68. The third-order valence-electron chi connectivity index (χ3n) is 1.88. The van der Waals surface area contributed by atoms with E-state index >= 15 is 0 Å². The first-order valence-corrected chi connectivity index (χ1v) is 6.16. The highest BCUT2D eigenvalue weighted by molar-refractivity contribution is 9.08. The first-order valence-electron chi connectivity index (χ1n) is 4.16. The van der Waals surface area contributed by atoms with Gasteiger partial charge in [-0.05, 0) is 18.2 Å². The van der Waals surface area contributed by atoms with Gasteiger partial charge in [-0.1, -0.05) is 15.9 Å². The SMILES string of the molecule is Fc1ccc(-c2csc(CBr)n2)cc1F. The first kappa shape index (κ1) is 10.7. The van der Waals surface area contributed by atoms with E-state index in [-0.39, 0.29) is 0 Å². The van der Waals surface area contributed by atoms with Crippen molar-refractivity contribution in [2.45, 2.75) is 5.33 Å². The number of benzene rings is 1. The van der Waals surface area contributed by atoms with Crippen LogP contribution in [0.3, 0.4) is 0 Å². The third-order valence-corrected chi connectivity index (χ3v) is 3.63. The Bertz CT molecular complexity index is 484. The Morgan fingerprint density at radius 3 is 2.67 bits per heavy atom. The highest BCUT2D eigenvalue weighted by Crippen LogP contribution is 2.24. The fourth-order valence-electron chi connectivity index (χ4n) is 1.16. The number of rotatable bonds is 2. The summed E-state index contributed by atoms with van der Waals surface area (Å²) in [6, 6.07) is 3.78. The van der Waals surface area contributed by atoms with Crippen molar-refractivity contribution in [3.05, 3.63) is 40.2 Å². The first-order chi connectivity index (χ1) is 7.20. The van der Waals surface area contributed by atoms with Crippen LogP contribution in [0, 0.1) is 11.6 Å². The molecule has 1 aromatic heterocycles. The smallest absolute Gasteiger partial charge is 0.159 e. The monoisotopic (exact) mass is 289 g/mol. The van der Waals surface area contributed by atoms with Crippen LogP contribution >= 0.6 is 27.3 Å². The van der Waals surface area contributed by atoms with Crippen molar-refractivity contribution in [3.63, 3.8) is 0 Å². The maximum absolute atomic E-state index is 12.9. The van der Waals surface area contributed by atoms with Gasteiger partial charge in [-0.15, -0.1) is 11.3 Å². The molecule has 0 spiro atoms. The van der Waals surface area contributed by atoms with Crippen molar-refractivity contribution in [2.75, 3.05) is 0 Å². The van der Waals surface area contributed by atoms with E-state index < -0.39 is 11.6 Å². The van der Waals surface area contributed by atoms with Crippen LogP contribution in [0.5, 0.6) is 0 Å². The highest BCUT2D eigenvalue weighted by atomic mass is 79.9. The predicted molar refractivity (Wildman–Crippen MR) is 60.1 cm³/mol. The molecule has 15 heavy (non-hydrogen) atoms. The quantitative estimate of drug-likeness (QED) is 0.762. The topological polar surface area (TPSA) is 12.9 Å². The van der Waals surface area contributed by atoms with Gasteiger partial charge in [0, 0.05) is 10.9 Å². The third kappa shape index (κ3) is 2.23. The zero-order valence-corrected chi connectivity index (χ0v) is 9.91. The van der Waals surface area contributed by atoms with Crippen molar-refractivity contribution in [1.29, 1.82) is 0 Å². The van der Waals surface area contributed by atoms with Crippen LogP contribution in [0.2, 0.25) is 0 Å². The molecule has 0 atom stereocenters. The molecule has 0 aliphatic heterocycles. The van der Waals surface area contributed by atoms with E-state index in [1.165, 1.54) is 17.4 Å². The van der Waals surface area contributed by atoms with Crippen molar-refractivity contribution < 1.29 is 8.78 Å². The molecule has 1 aromatic carbocycles. The molecule has 78 valence electrons. The number of nitrogens with zero attached hydrogens (tertiary/aromatic N) is 1. The van der Waals surface area contributed by atoms with Gasteiger partial charge in [0.25, 0.3) is 0 Å². The Kier molecular flexibility index (Phi) is 3.11. The largest absolute Gasteiger partial charge is 0.240 e. The van der Waals surface area contributed by atoms with Gasteiger partial charge in [-0.25, -0.2) is 13.8 Å². The summed E-state index contributed by atoms with van der Waals surface area (Å²) in [5.41, 5.74) is 1.27. The van der Waals surface area contributed by atoms with E-state index in [4.69, 9.17) is 0 Å². The maximum atomic E-state index is 12.9. The van der Waals surface area contributed by atoms with E-state index in [1.807, 2.05) is 5.38 Å². The summed E-state index contributed by atoms with van der Waals surface area (Å²) >= 11 is 4.76. The molecule has 1 heterocycles. The summed E-state index contributed by atoms with van der Waals surface area (Å²) in [4.78, 5) is 4.25. The molecule has 5 heteroatoms. The van der Waals surface area contributed by atoms with Crippen LogP contribution in [-0.2, 0) is 5.33 Å². The lowest BCUT2D eigenvalue weighted by Crippen LogP contribution is -1.85. The second kappa shape index (κ2) is 4.37. The normalized spacial score (nSPS) is 10.6. The van der Waals surface area contributed by atoms with Crippen molar-refractivity contribution in [2.24, 2.45) is 0 Å². The Labute approximate surface area is 97.9 Å². The highest BCUT2D eigenvalue weighted by Gasteiger charge is 2.07. The Morgan fingerprint density at radius 2 is 2.07 bits per heavy atom. The van der Waals surface area contributed by atoms with E-state index in [2.05, 4.69) is 20.9 Å². The molecule has 2 aromatic rings. The van der Waals surface area contributed by atoms with Crippen molar-refractivity contribution in [1.82, 2.24) is 4.98 Å². The fourth-order valence-corrected chi connectivity index (χ4v) is 2.33. The van der Waals surface area contributed by atoms with E-state index in [9.17, 15) is 8.78 Å². The molecular weight excluding hydrogens is 284 g/mol. The molecular formula is C10H6BrF2NS. The van der Waals surface area contributed by atoms with Crippen LogP contribution in [0.1, 0.15) is 5.01 Å². The molecule has 0 aliphatic carbocycles. The van der Waals surface area contributed by atoms with Crippen molar-refractivity contribution in [3.8, 4) is 11.3 Å². The lowest BCUT2D eigenvalue weighted by atomic mass is 10.2. The Hall–Kier alpha value is -0.810. The van der Waals surface area contributed by atoms with Crippen LogP contribution in [-0.4, -0.2) is 4.98 Å². The number of thiazole rings is 1. The van der Waals surface area contributed by atoms with Crippen LogP contribution in [0.15, 0.2) is 23.6 Å². The lowest BCUT2D eigenvalue weighted by Gasteiger charge is -1.97. The van der Waals surface area contributed by atoms with Gasteiger partial charge in [0.05, 0.1) is 11.0 Å². The minimum atomic E-state index is -0.846.